The molecule has 1 amide bonds. The van der Waals surface area contributed by atoms with E-state index in [4.69, 9.17) is 32.9 Å². The summed E-state index contributed by atoms with van der Waals surface area (Å²) in [6.45, 7) is 1.33. The minimum atomic E-state index is -0.0372. The van der Waals surface area contributed by atoms with E-state index in [0.717, 1.165) is 41.3 Å². The Bertz CT molecular complexity index is 1020. The number of rotatable bonds is 7. The summed E-state index contributed by atoms with van der Waals surface area (Å²) in [5.41, 5.74) is 2.67. The van der Waals surface area contributed by atoms with Crippen LogP contribution in [0.3, 0.4) is 0 Å². The molecule has 1 atom stereocenters. The van der Waals surface area contributed by atoms with Crippen LogP contribution in [0.1, 0.15) is 12.8 Å². The lowest BCUT2D eigenvalue weighted by molar-refractivity contribution is -0.119. The van der Waals surface area contributed by atoms with Crippen LogP contribution in [0, 0.1) is 0 Å². The number of carbonyl (C=O) groups excluding carboxylic acids is 1. The average molecular weight is 462 g/mol. The quantitative estimate of drug-likeness (QED) is 0.459. The second kappa shape index (κ2) is 9.88. The van der Waals surface area contributed by atoms with Crippen LogP contribution < -0.4 is 5.32 Å². The highest BCUT2D eigenvalue weighted by Gasteiger charge is 2.18. The molecule has 1 aliphatic heterocycles. The molecule has 0 spiro atoms. The zero-order chi connectivity index (χ0) is 20.9. The Labute approximate surface area is 189 Å². The number of amides is 1. The number of aromatic nitrogens is 2. The van der Waals surface area contributed by atoms with Gasteiger partial charge in [-0.25, -0.2) is 4.98 Å². The van der Waals surface area contributed by atoms with Gasteiger partial charge in [0.25, 0.3) is 0 Å². The molecule has 2 aromatic carbocycles. The Morgan fingerprint density at radius 2 is 2.00 bits per heavy atom. The molecule has 30 heavy (non-hydrogen) atoms. The van der Waals surface area contributed by atoms with Crippen molar-refractivity contribution < 1.29 is 9.53 Å². The molecule has 4 rings (SSSR count). The van der Waals surface area contributed by atoms with Gasteiger partial charge in [-0.15, -0.1) is 0 Å². The Morgan fingerprint density at radius 1 is 1.17 bits per heavy atom. The van der Waals surface area contributed by atoms with E-state index in [0.29, 0.717) is 22.4 Å². The SMILES string of the molecule is O=C(CSc1nc(-c2cccc(Cl)c2)[nH]c1-c1ccc(Cl)cc1)NC[C@H]1CCCO1. The predicted molar refractivity (Wildman–Crippen MR) is 122 cm³/mol. The van der Waals surface area contributed by atoms with Crippen molar-refractivity contribution in [3.8, 4) is 22.6 Å². The summed E-state index contributed by atoms with van der Waals surface area (Å²) in [6.07, 6.45) is 2.18. The van der Waals surface area contributed by atoms with E-state index in [1.165, 1.54) is 11.8 Å². The van der Waals surface area contributed by atoms with Crippen LogP contribution in [0.2, 0.25) is 10.0 Å². The maximum Gasteiger partial charge on any atom is 0.230 e. The Morgan fingerprint density at radius 3 is 2.73 bits per heavy atom. The highest BCUT2D eigenvalue weighted by atomic mass is 35.5. The second-order valence-electron chi connectivity index (χ2n) is 7.01. The maximum atomic E-state index is 12.3. The number of benzene rings is 2. The molecule has 5 nitrogen and oxygen atoms in total. The molecule has 0 aliphatic carbocycles. The van der Waals surface area contributed by atoms with E-state index < -0.39 is 0 Å². The van der Waals surface area contributed by atoms with E-state index in [2.05, 4.69) is 10.3 Å². The Kier molecular flexibility index (Phi) is 7.00. The number of ether oxygens (including phenoxy) is 1. The van der Waals surface area contributed by atoms with E-state index in [9.17, 15) is 4.79 Å². The third-order valence-corrected chi connectivity index (χ3v) is 6.25. The predicted octanol–water partition coefficient (Wildman–Crippen LogP) is 5.44. The summed E-state index contributed by atoms with van der Waals surface area (Å²) in [4.78, 5) is 20.4. The molecule has 3 aromatic rings. The minimum Gasteiger partial charge on any atom is -0.376 e. The van der Waals surface area contributed by atoms with Gasteiger partial charge >= 0.3 is 0 Å². The molecule has 1 aromatic heterocycles. The number of carbonyl (C=O) groups is 1. The van der Waals surface area contributed by atoms with Gasteiger partial charge < -0.3 is 15.0 Å². The van der Waals surface area contributed by atoms with Crippen LogP contribution in [0.25, 0.3) is 22.6 Å². The first-order valence-electron chi connectivity index (χ1n) is 9.71. The third-order valence-electron chi connectivity index (χ3n) is 4.79. The lowest BCUT2D eigenvalue weighted by atomic mass is 10.2. The molecule has 0 radical (unpaired) electrons. The molecular weight excluding hydrogens is 441 g/mol. The smallest absolute Gasteiger partial charge is 0.230 e. The van der Waals surface area contributed by atoms with E-state index >= 15 is 0 Å². The van der Waals surface area contributed by atoms with Crippen LogP contribution in [-0.2, 0) is 9.53 Å². The van der Waals surface area contributed by atoms with Gasteiger partial charge in [0.2, 0.25) is 5.91 Å². The van der Waals surface area contributed by atoms with Gasteiger partial charge in [0, 0.05) is 34.3 Å². The molecule has 8 heteroatoms. The number of imidazole rings is 1. The van der Waals surface area contributed by atoms with Crippen molar-refractivity contribution in [2.75, 3.05) is 18.9 Å². The van der Waals surface area contributed by atoms with Crippen molar-refractivity contribution in [3.63, 3.8) is 0 Å². The number of H-pyrrole nitrogens is 1. The van der Waals surface area contributed by atoms with Gasteiger partial charge in [-0.05, 0) is 37.1 Å². The molecular formula is C22H21Cl2N3O2S. The Hall–Kier alpha value is -1.99. The van der Waals surface area contributed by atoms with E-state index in [1.54, 1.807) is 0 Å². The van der Waals surface area contributed by atoms with Gasteiger partial charge in [0.1, 0.15) is 10.9 Å². The number of nitrogens with zero attached hydrogens (tertiary/aromatic N) is 1. The Balaban J connectivity index is 1.52. The molecule has 2 heterocycles. The third kappa shape index (κ3) is 5.38. The van der Waals surface area contributed by atoms with Gasteiger partial charge in [0.15, 0.2) is 0 Å². The van der Waals surface area contributed by atoms with Crippen LogP contribution in [0.5, 0.6) is 0 Å². The van der Waals surface area contributed by atoms with Crippen molar-refractivity contribution in [2.24, 2.45) is 0 Å². The number of aromatic amines is 1. The summed E-state index contributed by atoms with van der Waals surface area (Å²) < 4.78 is 5.55. The highest BCUT2D eigenvalue weighted by Crippen LogP contribution is 2.33. The van der Waals surface area contributed by atoms with Crippen molar-refractivity contribution >= 4 is 40.9 Å². The van der Waals surface area contributed by atoms with Gasteiger partial charge in [0.05, 0.1) is 17.6 Å². The van der Waals surface area contributed by atoms with E-state index in [1.807, 2.05) is 48.5 Å². The monoisotopic (exact) mass is 461 g/mol. The van der Waals surface area contributed by atoms with Crippen molar-refractivity contribution in [1.29, 1.82) is 0 Å². The molecule has 0 bridgehead atoms. The molecule has 1 aliphatic rings. The largest absolute Gasteiger partial charge is 0.376 e. The fourth-order valence-corrected chi connectivity index (χ4v) is 4.42. The van der Waals surface area contributed by atoms with Crippen LogP contribution >= 0.6 is 35.0 Å². The fraction of sp³-hybridized carbons (Fsp3) is 0.273. The zero-order valence-electron chi connectivity index (χ0n) is 16.2. The summed E-state index contributed by atoms with van der Waals surface area (Å²) in [5.74, 6) is 0.933. The van der Waals surface area contributed by atoms with Gasteiger partial charge in [-0.1, -0.05) is 59.2 Å². The molecule has 1 saturated heterocycles. The zero-order valence-corrected chi connectivity index (χ0v) is 18.5. The molecule has 1 fully saturated rings. The fourth-order valence-electron chi connectivity index (χ4n) is 3.26. The molecule has 0 unspecified atom stereocenters. The summed E-state index contributed by atoms with van der Waals surface area (Å²) in [6, 6.07) is 15.0. The minimum absolute atomic E-state index is 0.0372. The number of nitrogens with one attached hydrogen (secondary N) is 2. The lowest BCUT2D eigenvalue weighted by Crippen LogP contribution is -2.32. The van der Waals surface area contributed by atoms with Gasteiger partial charge in [-0.3, -0.25) is 4.79 Å². The van der Waals surface area contributed by atoms with Crippen LogP contribution in [-0.4, -0.2) is 40.9 Å². The highest BCUT2D eigenvalue weighted by molar-refractivity contribution is 8.00. The lowest BCUT2D eigenvalue weighted by Gasteiger charge is -2.10. The standard InChI is InChI=1S/C22H21Cl2N3O2S/c23-16-8-6-14(7-9-16)20-22(27-21(26-20)15-3-1-4-17(24)11-15)30-13-19(28)25-12-18-5-2-10-29-18/h1,3-4,6-9,11,18H,2,5,10,12-13H2,(H,25,28)(H,26,27)/t18-/m1/s1. The molecule has 2 N–H and O–H groups in total. The number of thioether (sulfide) groups is 1. The number of hydrogen-bond donors (Lipinski definition) is 2. The van der Waals surface area contributed by atoms with Crippen molar-refractivity contribution in [3.05, 3.63) is 58.6 Å². The van der Waals surface area contributed by atoms with Gasteiger partial charge in [-0.2, -0.15) is 0 Å². The normalized spacial score (nSPS) is 16.0. The van der Waals surface area contributed by atoms with E-state index in [-0.39, 0.29) is 17.8 Å². The topological polar surface area (TPSA) is 67.0 Å². The summed E-state index contributed by atoms with van der Waals surface area (Å²) >= 11 is 13.6. The van der Waals surface area contributed by atoms with Crippen molar-refractivity contribution in [2.45, 2.75) is 24.0 Å². The second-order valence-corrected chi connectivity index (χ2v) is 8.85. The maximum absolute atomic E-state index is 12.3. The first-order chi connectivity index (χ1) is 14.6. The molecule has 156 valence electrons. The average Bonchev–Trinajstić information content (AvgIpc) is 3.41. The van der Waals surface area contributed by atoms with Crippen LogP contribution in [0.15, 0.2) is 53.6 Å². The molecule has 0 saturated carbocycles. The summed E-state index contributed by atoms with van der Waals surface area (Å²) in [7, 11) is 0. The number of halogens is 2. The first-order valence-corrected chi connectivity index (χ1v) is 11.5. The summed E-state index contributed by atoms with van der Waals surface area (Å²) in [5, 5.41) is 5.00. The number of hydrogen-bond acceptors (Lipinski definition) is 4. The first kappa shape index (κ1) is 21.2. The van der Waals surface area contributed by atoms with Crippen molar-refractivity contribution in [1.82, 2.24) is 15.3 Å². The van der Waals surface area contributed by atoms with Crippen LogP contribution in [0.4, 0.5) is 0 Å².